The molecule has 0 saturated heterocycles. The third kappa shape index (κ3) is 5.57. The van der Waals surface area contributed by atoms with Crippen LogP contribution in [0.4, 0.5) is 0 Å². The lowest BCUT2D eigenvalue weighted by Gasteiger charge is -2.27. The number of nitrogens with zero attached hydrogens (tertiary/aromatic N) is 1. The van der Waals surface area contributed by atoms with Gasteiger partial charge in [0.1, 0.15) is 5.56 Å². The maximum absolute atomic E-state index is 13.7. The summed E-state index contributed by atoms with van der Waals surface area (Å²) in [5.41, 5.74) is 2.13. The lowest BCUT2D eigenvalue weighted by molar-refractivity contribution is -0.143. The van der Waals surface area contributed by atoms with E-state index in [2.05, 4.69) is 5.32 Å². The van der Waals surface area contributed by atoms with Gasteiger partial charge in [0.05, 0.1) is 7.11 Å². The number of nitrogens with one attached hydrogen (secondary N) is 1. The number of amides is 1. The average Bonchev–Trinajstić information content (AvgIpc) is 3.35. The summed E-state index contributed by atoms with van der Waals surface area (Å²) in [5.74, 6) is -0.566. The van der Waals surface area contributed by atoms with Crippen LogP contribution in [0.3, 0.4) is 0 Å². The molecule has 1 saturated carbocycles. The molecule has 1 unspecified atom stereocenters. The Morgan fingerprint density at radius 1 is 1.12 bits per heavy atom. The molecule has 1 amide bonds. The summed E-state index contributed by atoms with van der Waals surface area (Å²) in [6.45, 7) is 0.688. The molecule has 0 radical (unpaired) electrons. The molecule has 4 rings (SSSR count). The fraction of sp³-hybridized carbons (Fsp3) is 0.577. The topological polar surface area (TPSA) is 77.4 Å². The van der Waals surface area contributed by atoms with Gasteiger partial charge in [-0.25, -0.2) is 4.79 Å². The van der Waals surface area contributed by atoms with Crippen molar-refractivity contribution in [2.45, 2.75) is 83.2 Å². The van der Waals surface area contributed by atoms with Gasteiger partial charge in [0.25, 0.3) is 11.5 Å². The Bertz CT molecular complexity index is 1020. The molecule has 2 heterocycles. The van der Waals surface area contributed by atoms with Gasteiger partial charge in [-0.3, -0.25) is 9.59 Å². The number of aromatic nitrogens is 1. The summed E-state index contributed by atoms with van der Waals surface area (Å²) in [4.78, 5) is 40.1. The normalized spacial score (nSPS) is 18.0. The van der Waals surface area contributed by atoms with Crippen LogP contribution >= 0.6 is 11.3 Å². The second-order valence-electron chi connectivity index (χ2n) is 9.31. The van der Waals surface area contributed by atoms with Gasteiger partial charge >= 0.3 is 5.97 Å². The van der Waals surface area contributed by atoms with E-state index in [1.807, 2.05) is 16.0 Å². The number of aryl methyl sites for hydroxylation is 1. The smallest absolute Gasteiger partial charge is 0.333 e. The molecule has 33 heavy (non-hydrogen) atoms. The van der Waals surface area contributed by atoms with Gasteiger partial charge in [-0.05, 0) is 67.5 Å². The van der Waals surface area contributed by atoms with Crippen molar-refractivity contribution in [3.05, 3.63) is 55.6 Å². The monoisotopic (exact) mass is 470 g/mol. The molecule has 2 aromatic rings. The summed E-state index contributed by atoms with van der Waals surface area (Å²) in [7, 11) is 1.30. The lowest BCUT2D eigenvalue weighted by atomic mass is 9.88. The molecule has 2 aromatic heterocycles. The van der Waals surface area contributed by atoms with Crippen LogP contribution in [-0.4, -0.2) is 23.6 Å². The number of hydrogen-bond acceptors (Lipinski definition) is 5. The number of esters is 1. The minimum absolute atomic E-state index is 0.135. The van der Waals surface area contributed by atoms with Crippen molar-refractivity contribution < 1.29 is 14.3 Å². The Balaban J connectivity index is 1.70. The molecule has 7 heteroatoms. The number of methoxy groups -OCH3 is 1. The van der Waals surface area contributed by atoms with Gasteiger partial charge in [0.2, 0.25) is 0 Å². The summed E-state index contributed by atoms with van der Waals surface area (Å²) < 4.78 is 6.82. The van der Waals surface area contributed by atoms with Crippen LogP contribution in [0.5, 0.6) is 0 Å². The third-order valence-corrected chi connectivity index (χ3v) is 7.99. The van der Waals surface area contributed by atoms with E-state index in [4.69, 9.17) is 4.74 Å². The first-order valence-corrected chi connectivity index (χ1v) is 13.1. The van der Waals surface area contributed by atoms with Crippen molar-refractivity contribution in [2.24, 2.45) is 5.92 Å². The molecule has 0 spiro atoms. The van der Waals surface area contributed by atoms with E-state index in [1.54, 1.807) is 12.1 Å². The van der Waals surface area contributed by atoms with Crippen molar-refractivity contribution in [1.29, 1.82) is 0 Å². The second kappa shape index (κ2) is 11.1. The van der Waals surface area contributed by atoms with Crippen LogP contribution in [0, 0.1) is 5.92 Å². The second-order valence-corrected chi connectivity index (χ2v) is 10.3. The molecule has 2 aliphatic carbocycles. The fourth-order valence-corrected chi connectivity index (χ4v) is 6.01. The van der Waals surface area contributed by atoms with Crippen LogP contribution in [0.1, 0.15) is 90.3 Å². The summed E-state index contributed by atoms with van der Waals surface area (Å²) in [6, 6.07) is 4.48. The van der Waals surface area contributed by atoms with E-state index in [-0.39, 0.29) is 11.1 Å². The molecule has 1 N–H and O–H groups in total. The van der Waals surface area contributed by atoms with Gasteiger partial charge in [-0.2, -0.15) is 0 Å². The number of hydrogen-bond donors (Lipinski definition) is 1. The Kier molecular flexibility index (Phi) is 8.02. The highest BCUT2D eigenvalue weighted by Crippen LogP contribution is 2.27. The predicted octanol–water partition coefficient (Wildman–Crippen LogP) is 4.79. The maximum Gasteiger partial charge on any atom is 0.333 e. The minimum atomic E-state index is -0.921. The maximum atomic E-state index is 13.7. The van der Waals surface area contributed by atoms with Crippen molar-refractivity contribution in [1.82, 2.24) is 9.88 Å². The average molecular weight is 471 g/mol. The molecular formula is C26H34N2O4S. The molecule has 2 aliphatic rings. The van der Waals surface area contributed by atoms with Crippen molar-refractivity contribution in [3.8, 4) is 0 Å². The molecule has 1 fully saturated rings. The van der Waals surface area contributed by atoms with E-state index < -0.39 is 17.9 Å². The number of fused-ring (bicyclic) bond motifs is 1. The Labute approximate surface area is 199 Å². The van der Waals surface area contributed by atoms with Crippen molar-refractivity contribution in [3.63, 3.8) is 0 Å². The highest BCUT2D eigenvalue weighted by Gasteiger charge is 2.28. The van der Waals surface area contributed by atoms with E-state index in [0.29, 0.717) is 17.3 Å². The van der Waals surface area contributed by atoms with Gasteiger partial charge in [0, 0.05) is 17.1 Å². The third-order valence-electron chi connectivity index (χ3n) is 7.05. The number of carbonyl (C=O) groups is 2. The minimum Gasteiger partial charge on any atom is -0.467 e. The van der Waals surface area contributed by atoms with E-state index in [1.165, 1.54) is 50.6 Å². The standard InChI is InChI=1S/C26H34N2O4S/c1-32-26(31)23(22-14-9-15-33-22)27-24(29)20-16-19-12-7-2-3-8-13-21(19)28(25(20)30)17-18-10-5-4-6-11-18/h9,14-16,18,23H,2-8,10-13,17H2,1H3,(H,27,29). The first-order valence-electron chi connectivity index (χ1n) is 12.3. The van der Waals surface area contributed by atoms with Crippen LogP contribution in [0.25, 0.3) is 0 Å². The van der Waals surface area contributed by atoms with Gasteiger partial charge in [0.15, 0.2) is 6.04 Å². The first kappa shape index (κ1) is 23.7. The summed E-state index contributed by atoms with van der Waals surface area (Å²) in [5, 5.41) is 4.62. The van der Waals surface area contributed by atoms with Crippen LogP contribution < -0.4 is 10.9 Å². The number of rotatable bonds is 6. The SMILES string of the molecule is COC(=O)C(NC(=O)c1cc2c(n(CC3CCCCC3)c1=O)CCCCCC2)c1cccs1. The summed E-state index contributed by atoms with van der Waals surface area (Å²) >= 11 is 1.37. The Morgan fingerprint density at radius 2 is 1.85 bits per heavy atom. The molecule has 0 aliphatic heterocycles. The highest BCUT2D eigenvalue weighted by molar-refractivity contribution is 7.10. The number of thiophene rings is 1. The molecule has 178 valence electrons. The van der Waals surface area contributed by atoms with Crippen LogP contribution in [0.15, 0.2) is 28.4 Å². The number of pyridine rings is 1. The van der Waals surface area contributed by atoms with Crippen LogP contribution in [-0.2, 0) is 28.9 Å². The van der Waals surface area contributed by atoms with Gasteiger partial charge in [-0.1, -0.05) is 38.2 Å². The fourth-order valence-electron chi connectivity index (χ4n) is 5.25. The van der Waals surface area contributed by atoms with Crippen molar-refractivity contribution >= 4 is 23.2 Å². The van der Waals surface area contributed by atoms with Gasteiger partial charge < -0.3 is 14.6 Å². The number of carbonyl (C=O) groups excluding carboxylic acids is 2. The zero-order valence-electron chi connectivity index (χ0n) is 19.4. The quantitative estimate of drug-likeness (QED) is 0.616. The highest BCUT2D eigenvalue weighted by atomic mass is 32.1. The van der Waals surface area contributed by atoms with E-state index in [0.717, 1.165) is 49.8 Å². The lowest BCUT2D eigenvalue weighted by Crippen LogP contribution is -2.40. The molecular weight excluding hydrogens is 436 g/mol. The predicted molar refractivity (Wildman–Crippen MR) is 130 cm³/mol. The molecule has 1 atom stereocenters. The Morgan fingerprint density at radius 3 is 2.55 bits per heavy atom. The molecule has 0 aromatic carbocycles. The molecule has 0 bridgehead atoms. The number of ether oxygens (including phenoxy) is 1. The largest absolute Gasteiger partial charge is 0.467 e. The van der Waals surface area contributed by atoms with E-state index >= 15 is 0 Å². The van der Waals surface area contributed by atoms with Gasteiger partial charge in [-0.15, -0.1) is 11.3 Å². The zero-order valence-corrected chi connectivity index (χ0v) is 20.3. The zero-order chi connectivity index (χ0) is 23.2. The van der Waals surface area contributed by atoms with Crippen LogP contribution in [0.2, 0.25) is 0 Å². The molecule has 6 nitrogen and oxygen atoms in total. The first-order chi connectivity index (χ1) is 16.1. The summed E-state index contributed by atoms with van der Waals surface area (Å²) in [6.07, 6.45) is 12.2. The Hall–Kier alpha value is -2.41. The van der Waals surface area contributed by atoms with Crippen molar-refractivity contribution in [2.75, 3.05) is 7.11 Å². The van der Waals surface area contributed by atoms with E-state index in [9.17, 15) is 14.4 Å².